The smallest absolute Gasteiger partial charge is 0.340 e. The van der Waals surface area contributed by atoms with Crippen molar-refractivity contribution in [1.29, 1.82) is 0 Å². The van der Waals surface area contributed by atoms with Crippen molar-refractivity contribution < 1.29 is 28.1 Å². The molecule has 1 atom stereocenters. The summed E-state index contributed by atoms with van der Waals surface area (Å²) in [7, 11) is -3.63. The average molecular weight is 764 g/mol. The zero-order chi connectivity index (χ0) is 38.3. The second kappa shape index (κ2) is 17.4. The Bertz CT molecular complexity index is 2360. The summed E-state index contributed by atoms with van der Waals surface area (Å²) >= 11 is 0. The van der Waals surface area contributed by atoms with E-state index in [0.717, 1.165) is 52.1 Å². The molecular weight excluding hydrogens is 711 g/mol. The summed E-state index contributed by atoms with van der Waals surface area (Å²) < 4.78 is 36.4. The van der Waals surface area contributed by atoms with Crippen molar-refractivity contribution in [1.82, 2.24) is 9.97 Å². The molecule has 1 unspecified atom stereocenters. The number of carbonyl (C=O) groups excluding carboxylic acids is 1. The van der Waals surface area contributed by atoms with Crippen LogP contribution in [0.15, 0.2) is 85.2 Å². The SMILES string of the molecule is CCCCCCCCCCCCCCCCS(=O)(=O)Nc1cccc2c(C3(c4c[nH]c5c(COO)cccc45)OC(=O)c4cccc5cccc3c45)c[nH]c12. The van der Waals surface area contributed by atoms with Crippen LogP contribution in [0.2, 0.25) is 0 Å². The number of benzene rings is 4. The highest BCUT2D eigenvalue weighted by atomic mass is 32.2. The zero-order valence-corrected chi connectivity index (χ0v) is 32.6. The van der Waals surface area contributed by atoms with E-state index in [1.165, 1.54) is 64.2 Å². The van der Waals surface area contributed by atoms with E-state index < -0.39 is 21.6 Å². The average Bonchev–Trinajstić information content (AvgIpc) is 3.83. The number of H-pyrrole nitrogens is 2. The molecule has 0 saturated carbocycles. The first-order valence-corrected chi connectivity index (χ1v) is 21.8. The maximum Gasteiger partial charge on any atom is 0.340 e. The number of nitrogens with one attached hydrogen (secondary N) is 3. The van der Waals surface area contributed by atoms with E-state index in [2.05, 4.69) is 26.5 Å². The van der Waals surface area contributed by atoms with Crippen LogP contribution in [0.4, 0.5) is 5.69 Å². The lowest BCUT2D eigenvalue weighted by atomic mass is 9.75. The van der Waals surface area contributed by atoms with Crippen molar-refractivity contribution >= 4 is 54.3 Å². The van der Waals surface area contributed by atoms with Gasteiger partial charge in [0.25, 0.3) is 0 Å². The number of aromatic amines is 2. The number of unbranched alkanes of at least 4 members (excludes halogenated alkanes) is 13. The molecule has 0 amide bonds. The predicted molar refractivity (Wildman–Crippen MR) is 221 cm³/mol. The Balaban J connectivity index is 1.11. The third-order valence-corrected chi connectivity index (χ3v) is 12.6. The number of sulfonamides is 1. The summed E-state index contributed by atoms with van der Waals surface area (Å²) in [5, 5.41) is 12.5. The van der Waals surface area contributed by atoms with Gasteiger partial charge in [0, 0.05) is 50.8 Å². The van der Waals surface area contributed by atoms with Crippen LogP contribution in [0.1, 0.15) is 129 Å². The first-order chi connectivity index (χ1) is 26.9. The third kappa shape index (κ3) is 8.04. The fraction of sp³-hybridized carbons (Fsp3) is 0.400. The molecule has 1 aliphatic rings. The molecule has 4 aromatic carbocycles. The molecule has 0 bridgehead atoms. The Morgan fingerprint density at radius 1 is 0.691 bits per heavy atom. The van der Waals surface area contributed by atoms with Crippen molar-refractivity contribution in [3.8, 4) is 0 Å². The quantitative estimate of drug-likeness (QED) is 0.0250. The van der Waals surface area contributed by atoms with Gasteiger partial charge in [-0.25, -0.2) is 18.1 Å². The molecule has 0 spiro atoms. The van der Waals surface area contributed by atoms with Crippen LogP contribution < -0.4 is 4.72 Å². The van der Waals surface area contributed by atoms with Crippen LogP contribution in [0, 0.1) is 0 Å². The number of carbonyl (C=O) groups is 1. The first-order valence-electron chi connectivity index (χ1n) is 20.1. The molecule has 6 aromatic rings. The second-order valence-electron chi connectivity index (χ2n) is 15.0. The summed E-state index contributed by atoms with van der Waals surface area (Å²) in [6.07, 6.45) is 20.5. The van der Waals surface area contributed by atoms with Crippen molar-refractivity contribution in [2.75, 3.05) is 10.5 Å². The lowest BCUT2D eigenvalue weighted by Crippen LogP contribution is -2.38. The van der Waals surface area contributed by atoms with Gasteiger partial charge in [0.15, 0.2) is 5.60 Å². The number of hydrogen-bond acceptors (Lipinski definition) is 6. The molecule has 9 nitrogen and oxygen atoms in total. The molecule has 1 aliphatic heterocycles. The van der Waals surface area contributed by atoms with Gasteiger partial charge in [-0.15, -0.1) is 0 Å². The molecule has 7 rings (SSSR count). The molecular formula is C45H53N3O6S. The zero-order valence-electron chi connectivity index (χ0n) is 31.8. The van der Waals surface area contributed by atoms with Gasteiger partial charge in [0.1, 0.15) is 6.61 Å². The van der Waals surface area contributed by atoms with Crippen molar-refractivity contribution in [3.05, 3.63) is 113 Å². The second-order valence-corrected chi connectivity index (χ2v) is 16.9. The molecule has 55 heavy (non-hydrogen) atoms. The minimum Gasteiger partial charge on any atom is -0.440 e. The Labute approximate surface area is 323 Å². The number of anilines is 1. The molecule has 290 valence electrons. The van der Waals surface area contributed by atoms with Gasteiger partial charge in [-0.2, -0.15) is 0 Å². The Hall–Kier alpha value is -4.64. The lowest BCUT2D eigenvalue weighted by molar-refractivity contribution is -0.252. The number of para-hydroxylation sites is 2. The fourth-order valence-electron chi connectivity index (χ4n) is 8.53. The number of hydrogen-bond donors (Lipinski definition) is 4. The normalized spacial score (nSPS) is 15.6. The Morgan fingerprint density at radius 2 is 1.25 bits per heavy atom. The number of ether oxygens (including phenoxy) is 1. The Morgan fingerprint density at radius 3 is 1.91 bits per heavy atom. The standard InChI is InChI=1S/C45H53N3O6S/c1-2-3-4-5-6-7-8-9-10-11-12-13-14-15-28-55(51,52)48-40-27-19-24-35-39(30-47-43(35)40)45(38-29-46-42-33(31-53-50)22-17-23-34(38)42)37-26-18-21-32-20-16-25-36(41(32)37)44(49)54-45/h16-27,29-30,46-48,50H,2-15,28,31H2,1H3. The van der Waals surface area contributed by atoms with E-state index in [-0.39, 0.29) is 12.4 Å². The number of fused-ring (bicyclic) bond motifs is 2. The van der Waals surface area contributed by atoms with Gasteiger partial charge >= 0.3 is 5.97 Å². The van der Waals surface area contributed by atoms with Crippen LogP contribution in [-0.4, -0.2) is 35.4 Å². The van der Waals surface area contributed by atoms with Gasteiger partial charge in [-0.05, 0) is 23.9 Å². The number of cyclic esters (lactones) is 1. The summed E-state index contributed by atoms with van der Waals surface area (Å²) in [5.74, 6) is -0.419. The van der Waals surface area contributed by atoms with E-state index in [1.807, 2.05) is 73.1 Å². The molecule has 0 aliphatic carbocycles. The fourth-order valence-corrected chi connectivity index (χ4v) is 9.72. The highest BCUT2D eigenvalue weighted by molar-refractivity contribution is 7.92. The van der Waals surface area contributed by atoms with E-state index >= 15 is 0 Å². The minimum atomic E-state index is -3.63. The maximum absolute atomic E-state index is 14.1. The molecule has 4 N–H and O–H groups in total. The van der Waals surface area contributed by atoms with E-state index in [4.69, 9.17) is 4.74 Å². The highest BCUT2D eigenvalue weighted by Crippen LogP contribution is 2.52. The van der Waals surface area contributed by atoms with Crippen LogP contribution in [0.3, 0.4) is 0 Å². The molecule has 0 fully saturated rings. The lowest BCUT2D eigenvalue weighted by Gasteiger charge is -2.38. The molecule has 10 heteroatoms. The predicted octanol–water partition coefficient (Wildman–Crippen LogP) is 11.5. The van der Waals surface area contributed by atoms with Crippen LogP contribution in [0.25, 0.3) is 32.6 Å². The summed E-state index contributed by atoms with van der Waals surface area (Å²) in [5.41, 5.74) is 3.71. The van der Waals surface area contributed by atoms with Gasteiger partial charge in [0.05, 0.1) is 28.0 Å². The Kier molecular flexibility index (Phi) is 12.2. The summed E-state index contributed by atoms with van der Waals surface area (Å²) in [4.78, 5) is 25.3. The maximum atomic E-state index is 14.1. The third-order valence-electron chi connectivity index (χ3n) is 11.3. The van der Waals surface area contributed by atoms with Gasteiger partial charge in [0.2, 0.25) is 10.0 Å². The van der Waals surface area contributed by atoms with E-state index in [9.17, 15) is 18.5 Å². The van der Waals surface area contributed by atoms with Crippen LogP contribution in [0.5, 0.6) is 0 Å². The van der Waals surface area contributed by atoms with Gasteiger partial charge in [-0.1, -0.05) is 151 Å². The van der Waals surface area contributed by atoms with E-state index in [0.29, 0.717) is 39.7 Å². The van der Waals surface area contributed by atoms with Crippen molar-refractivity contribution in [3.63, 3.8) is 0 Å². The van der Waals surface area contributed by atoms with Gasteiger partial charge in [-0.3, -0.25) is 9.98 Å². The number of rotatable bonds is 21. The molecule has 2 aromatic heterocycles. The highest BCUT2D eigenvalue weighted by Gasteiger charge is 2.48. The van der Waals surface area contributed by atoms with Gasteiger partial charge < -0.3 is 14.7 Å². The number of aromatic nitrogens is 2. The van der Waals surface area contributed by atoms with Crippen molar-refractivity contribution in [2.45, 2.75) is 109 Å². The summed E-state index contributed by atoms with van der Waals surface area (Å²) in [6, 6.07) is 22.7. The first kappa shape index (κ1) is 38.6. The summed E-state index contributed by atoms with van der Waals surface area (Å²) in [6.45, 7) is 2.23. The number of esters is 1. The van der Waals surface area contributed by atoms with Crippen LogP contribution in [-0.2, 0) is 31.9 Å². The van der Waals surface area contributed by atoms with E-state index in [1.54, 1.807) is 12.1 Å². The monoisotopic (exact) mass is 763 g/mol. The van der Waals surface area contributed by atoms with Crippen LogP contribution >= 0.6 is 0 Å². The minimum absolute atomic E-state index is 0.0293. The molecule has 0 radical (unpaired) electrons. The topological polar surface area (TPSA) is 134 Å². The molecule has 3 heterocycles. The molecule has 0 saturated heterocycles. The van der Waals surface area contributed by atoms with Crippen molar-refractivity contribution in [2.24, 2.45) is 0 Å². The largest absolute Gasteiger partial charge is 0.440 e.